The lowest BCUT2D eigenvalue weighted by molar-refractivity contribution is 1.07. The van der Waals surface area contributed by atoms with Crippen molar-refractivity contribution in [2.75, 3.05) is 0 Å². The number of rotatable bonds is 6. The highest BCUT2D eigenvalue weighted by Gasteiger charge is 2.15. The lowest BCUT2D eigenvalue weighted by Crippen LogP contribution is -2.01. The molecule has 0 unspecified atom stereocenters. The molecule has 0 N–H and O–H groups in total. The van der Waals surface area contributed by atoms with Crippen LogP contribution in [-0.4, -0.2) is 19.9 Å². The maximum absolute atomic E-state index is 5.03. The van der Waals surface area contributed by atoms with Gasteiger partial charge in [-0.3, -0.25) is 4.98 Å². The monoisotopic (exact) mass is 588 g/mol. The Morgan fingerprint density at radius 2 is 0.739 bits per heavy atom. The second-order valence-corrected chi connectivity index (χ2v) is 11.1. The molecule has 0 amide bonds. The van der Waals surface area contributed by atoms with Crippen molar-refractivity contribution in [1.82, 2.24) is 19.9 Å². The maximum atomic E-state index is 5.03. The van der Waals surface area contributed by atoms with Gasteiger partial charge in [0.05, 0.1) is 5.52 Å². The highest BCUT2D eigenvalue weighted by molar-refractivity contribution is 5.94. The van der Waals surface area contributed by atoms with E-state index in [2.05, 4.69) is 120 Å². The van der Waals surface area contributed by atoms with Gasteiger partial charge in [-0.1, -0.05) is 152 Å². The second-order valence-electron chi connectivity index (χ2n) is 11.1. The first-order chi connectivity index (χ1) is 22.8. The molecule has 0 bridgehead atoms. The van der Waals surface area contributed by atoms with Gasteiger partial charge in [0.1, 0.15) is 0 Å². The van der Waals surface area contributed by atoms with E-state index >= 15 is 0 Å². The Labute approximate surface area is 267 Å². The molecule has 0 aliphatic carbocycles. The summed E-state index contributed by atoms with van der Waals surface area (Å²) in [7, 11) is 0. The van der Waals surface area contributed by atoms with Crippen LogP contribution in [0, 0.1) is 0 Å². The van der Waals surface area contributed by atoms with Crippen molar-refractivity contribution in [3.8, 4) is 67.5 Å². The second kappa shape index (κ2) is 12.0. The fourth-order valence-corrected chi connectivity index (χ4v) is 5.89. The summed E-state index contributed by atoms with van der Waals surface area (Å²) in [6.07, 6.45) is 1.88. The number of benzene rings is 6. The van der Waals surface area contributed by atoms with Crippen LogP contribution < -0.4 is 0 Å². The number of aromatic nitrogens is 4. The molecule has 2 heterocycles. The van der Waals surface area contributed by atoms with Crippen LogP contribution in [0.2, 0.25) is 0 Å². The molecule has 0 fully saturated rings. The van der Waals surface area contributed by atoms with E-state index in [0.29, 0.717) is 17.5 Å². The van der Waals surface area contributed by atoms with E-state index in [1.807, 2.05) is 54.7 Å². The molecule has 0 radical (unpaired) electrons. The van der Waals surface area contributed by atoms with Gasteiger partial charge in [-0.15, -0.1) is 0 Å². The minimum Gasteiger partial charge on any atom is -0.256 e. The molecule has 4 heteroatoms. The van der Waals surface area contributed by atoms with E-state index in [-0.39, 0.29) is 0 Å². The van der Waals surface area contributed by atoms with Gasteiger partial charge in [0.2, 0.25) is 0 Å². The maximum Gasteiger partial charge on any atom is 0.164 e. The number of hydrogen-bond donors (Lipinski definition) is 0. The zero-order valence-electron chi connectivity index (χ0n) is 25.0. The molecule has 8 rings (SSSR count). The molecule has 0 saturated carbocycles. The Morgan fingerprint density at radius 1 is 0.283 bits per heavy atom. The molecule has 0 saturated heterocycles. The van der Waals surface area contributed by atoms with Crippen LogP contribution in [0.1, 0.15) is 0 Å². The van der Waals surface area contributed by atoms with E-state index in [4.69, 9.17) is 15.0 Å². The van der Waals surface area contributed by atoms with Crippen LogP contribution in [0.25, 0.3) is 78.4 Å². The predicted octanol–water partition coefficient (Wildman–Crippen LogP) is 10.4. The third-order valence-corrected chi connectivity index (χ3v) is 8.24. The highest BCUT2D eigenvalue weighted by Crippen LogP contribution is 2.33. The summed E-state index contributed by atoms with van der Waals surface area (Å²) in [5, 5.41) is 1.15. The van der Waals surface area contributed by atoms with Crippen molar-refractivity contribution in [1.29, 1.82) is 0 Å². The smallest absolute Gasteiger partial charge is 0.164 e. The Hall–Kier alpha value is -6.26. The van der Waals surface area contributed by atoms with Gasteiger partial charge in [0.25, 0.3) is 0 Å². The molecule has 0 aliphatic rings. The van der Waals surface area contributed by atoms with Gasteiger partial charge in [-0.2, -0.15) is 0 Å². The SMILES string of the molecule is c1ccc(-c2nc(-c3ccc(-c4ccc(-c5ccnc6ccccc56)cc4)cc3)nc(-c3ccccc3-c3ccccc3)n2)cc1. The summed E-state index contributed by atoms with van der Waals surface area (Å²) in [6.45, 7) is 0. The summed E-state index contributed by atoms with van der Waals surface area (Å²) in [5.41, 5.74) is 10.7. The first kappa shape index (κ1) is 27.3. The van der Waals surface area contributed by atoms with Crippen LogP contribution >= 0.6 is 0 Å². The first-order valence-electron chi connectivity index (χ1n) is 15.3. The summed E-state index contributed by atoms with van der Waals surface area (Å²) < 4.78 is 0. The molecular formula is C42H28N4. The fourth-order valence-electron chi connectivity index (χ4n) is 5.89. The van der Waals surface area contributed by atoms with Crippen molar-refractivity contribution in [2.45, 2.75) is 0 Å². The molecule has 0 atom stereocenters. The third-order valence-electron chi connectivity index (χ3n) is 8.24. The standard InChI is InChI=1S/C42H28N4/c1-3-11-31(12-4-1)35-15-7-8-17-38(35)42-45-40(33-13-5-2-6-14-33)44-41(46-42)34-25-21-30(22-26-34)29-19-23-32(24-20-29)36-27-28-43-39-18-10-9-16-37(36)39/h1-28H. The molecule has 0 spiro atoms. The summed E-state index contributed by atoms with van der Waals surface area (Å²) in [6, 6.07) is 56.2. The third kappa shape index (κ3) is 5.33. The molecule has 8 aromatic rings. The van der Waals surface area contributed by atoms with Crippen LogP contribution in [0.4, 0.5) is 0 Å². The van der Waals surface area contributed by atoms with Crippen LogP contribution in [0.3, 0.4) is 0 Å². The lowest BCUT2D eigenvalue weighted by Gasteiger charge is -2.12. The summed E-state index contributed by atoms with van der Waals surface area (Å²) in [4.78, 5) is 19.5. The van der Waals surface area contributed by atoms with Gasteiger partial charge in [-0.05, 0) is 45.5 Å². The normalized spacial score (nSPS) is 11.0. The number of nitrogens with zero attached hydrogens (tertiary/aromatic N) is 4. The Bertz CT molecular complexity index is 2270. The minimum absolute atomic E-state index is 0.637. The molecular weight excluding hydrogens is 560 g/mol. The van der Waals surface area contributed by atoms with Crippen LogP contribution in [-0.2, 0) is 0 Å². The van der Waals surface area contributed by atoms with E-state index in [1.165, 1.54) is 11.1 Å². The van der Waals surface area contributed by atoms with E-state index < -0.39 is 0 Å². The Kier molecular flexibility index (Phi) is 7.14. The number of pyridine rings is 1. The van der Waals surface area contributed by atoms with Crippen molar-refractivity contribution in [3.63, 3.8) is 0 Å². The first-order valence-corrected chi connectivity index (χ1v) is 15.3. The Morgan fingerprint density at radius 3 is 1.41 bits per heavy atom. The quantitative estimate of drug-likeness (QED) is 0.194. The van der Waals surface area contributed by atoms with Gasteiger partial charge in [0.15, 0.2) is 17.5 Å². The zero-order chi connectivity index (χ0) is 30.7. The van der Waals surface area contributed by atoms with Crippen molar-refractivity contribution >= 4 is 10.9 Å². The molecule has 216 valence electrons. The van der Waals surface area contributed by atoms with Crippen molar-refractivity contribution < 1.29 is 0 Å². The minimum atomic E-state index is 0.637. The fraction of sp³-hybridized carbons (Fsp3) is 0. The molecule has 6 aromatic carbocycles. The van der Waals surface area contributed by atoms with Crippen LogP contribution in [0.15, 0.2) is 170 Å². The highest BCUT2D eigenvalue weighted by atomic mass is 15.0. The molecule has 2 aromatic heterocycles. The van der Waals surface area contributed by atoms with Gasteiger partial charge in [0, 0.05) is 28.3 Å². The van der Waals surface area contributed by atoms with Gasteiger partial charge in [-0.25, -0.2) is 15.0 Å². The molecule has 4 nitrogen and oxygen atoms in total. The summed E-state index contributed by atoms with van der Waals surface area (Å²) in [5.74, 6) is 1.93. The number of para-hydroxylation sites is 1. The Balaban J connectivity index is 1.16. The zero-order valence-corrected chi connectivity index (χ0v) is 25.0. The van der Waals surface area contributed by atoms with Gasteiger partial charge < -0.3 is 0 Å². The largest absolute Gasteiger partial charge is 0.256 e. The molecule has 46 heavy (non-hydrogen) atoms. The van der Waals surface area contributed by atoms with E-state index in [0.717, 1.165) is 49.8 Å². The van der Waals surface area contributed by atoms with Crippen LogP contribution in [0.5, 0.6) is 0 Å². The number of hydrogen-bond acceptors (Lipinski definition) is 4. The lowest BCUT2D eigenvalue weighted by atomic mass is 9.97. The number of fused-ring (bicyclic) bond motifs is 1. The average Bonchev–Trinajstić information content (AvgIpc) is 3.15. The molecule has 0 aliphatic heterocycles. The van der Waals surface area contributed by atoms with Crippen molar-refractivity contribution in [2.24, 2.45) is 0 Å². The van der Waals surface area contributed by atoms with Gasteiger partial charge >= 0.3 is 0 Å². The predicted molar refractivity (Wildman–Crippen MR) is 188 cm³/mol. The average molecular weight is 589 g/mol. The van der Waals surface area contributed by atoms with E-state index in [1.54, 1.807) is 0 Å². The summed E-state index contributed by atoms with van der Waals surface area (Å²) >= 11 is 0. The van der Waals surface area contributed by atoms with E-state index in [9.17, 15) is 0 Å². The topological polar surface area (TPSA) is 51.6 Å². The van der Waals surface area contributed by atoms with Crippen molar-refractivity contribution in [3.05, 3.63) is 170 Å².